The third-order valence-corrected chi connectivity index (χ3v) is 2.95. The van der Waals surface area contributed by atoms with Crippen LogP contribution in [0.3, 0.4) is 0 Å². The van der Waals surface area contributed by atoms with Gasteiger partial charge in [0, 0.05) is 12.7 Å². The molecule has 1 N–H and O–H groups in total. The van der Waals surface area contributed by atoms with Gasteiger partial charge in [-0.3, -0.25) is 4.79 Å². The summed E-state index contributed by atoms with van der Waals surface area (Å²) in [6.07, 6.45) is -0.970. The molecular formula is C14H21NO2. The first-order valence-corrected chi connectivity index (χ1v) is 5.90. The first kappa shape index (κ1) is 13.7. The highest BCUT2D eigenvalue weighted by Crippen LogP contribution is 2.25. The van der Waals surface area contributed by atoms with Crippen molar-refractivity contribution in [3.8, 4) is 0 Å². The molecule has 17 heavy (non-hydrogen) atoms. The Labute approximate surface area is 103 Å². The van der Waals surface area contributed by atoms with Crippen LogP contribution in [0, 0.1) is 6.92 Å². The lowest BCUT2D eigenvalue weighted by Gasteiger charge is -2.22. The Morgan fingerprint density at radius 3 is 2.35 bits per heavy atom. The van der Waals surface area contributed by atoms with Crippen molar-refractivity contribution in [2.24, 2.45) is 0 Å². The molecule has 0 fully saturated rings. The summed E-state index contributed by atoms with van der Waals surface area (Å²) >= 11 is 0. The maximum Gasteiger partial charge on any atom is 0.255 e. The monoisotopic (exact) mass is 235 g/mol. The van der Waals surface area contributed by atoms with E-state index in [1.54, 1.807) is 7.05 Å². The van der Waals surface area contributed by atoms with Gasteiger partial charge in [-0.2, -0.15) is 0 Å². The zero-order valence-electron chi connectivity index (χ0n) is 11.2. The Kier molecular flexibility index (Phi) is 4.29. The molecule has 0 aliphatic carbocycles. The van der Waals surface area contributed by atoms with E-state index < -0.39 is 6.10 Å². The van der Waals surface area contributed by atoms with E-state index in [1.165, 1.54) is 17.4 Å². The number of aryl methyl sites for hydroxylation is 1. The van der Waals surface area contributed by atoms with Crippen molar-refractivity contribution < 1.29 is 9.90 Å². The van der Waals surface area contributed by atoms with E-state index in [0.29, 0.717) is 5.92 Å². The standard InChI is InChI=1S/C14H21NO2/c1-9(2)12-7-6-10(3)13(8-12)15(5)14(17)11(4)16/h6-9,11,16H,1-5H3. The molecule has 1 atom stereocenters. The Morgan fingerprint density at radius 1 is 1.29 bits per heavy atom. The largest absolute Gasteiger partial charge is 0.384 e. The van der Waals surface area contributed by atoms with Gasteiger partial charge in [-0.15, -0.1) is 0 Å². The van der Waals surface area contributed by atoms with Gasteiger partial charge in [0.25, 0.3) is 5.91 Å². The number of aliphatic hydroxyl groups excluding tert-OH is 1. The van der Waals surface area contributed by atoms with Gasteiger partial charge in [0.1, 0.15) is 6.10 Å². The van der Waals surface area contributed by atoms with Gasteiger partial charge < -0.3 is 10.0 Å². The molecular weight excluding hydrogens is 214 g/mol. The second-order valence-electron chi connectivity index (χ2n) is 4.77. The summed E-state index contributed by atoms with van der Waals surface area (Å²) in [5.41, 5.74) is 3.09. The van der Waals surface area contributed by atoms with E-state index in [1.807, 2.05) is 19.1 Å². The fraction of sp³-hybridized carbons (Fsp3) is 0.500. The predicted octanol–water partition coefficient (Wildman–Crippen LogP) is 2.46. The highest BCUT2D eigenvalue weighted by Gasteiger charge is 2.18. The molecule has 0 radical (unpaired) electrons. The van der Waals surface area contributed by atoms with Crippen LogP contribution in [-0.2, 0) is 4.79 Å². The summed E-state index contributed by atoms with van der Waals surface area (Å²) in [5.74, 6) is 0.137. The Bertz CT molecular complexity index is 411. The zero-order valence-corrected chi connectivity index (χ0v) is 11.2. The van der Waals surface area contributed by atoms with Crippen LogP contribution in [-0.4, -0.2) is 24.2 Å². The summed E-state index contributed by atoms with van der Waals surface area (Å²) in [4.78, 5) is 13.3. The summed E-state index contributed by atoms with van der Waals surface area (Å²) < 4.78 is 0. The molecule has 1 aromatic rings. The van der Waals surface area contributed by atoms with Gasteiger partial charge in [0.2, 0.25) is 0 Å². The molecule has 0 aliphatic heterocycles. The molecule has 3 heteroatoms. The van der Waals surface area contributed by atoms with Crippen LogP contribution in [0.2, 0.25) is 0 Å². The lowest BCUT2D eigenvalue weighted by atomic mass is 10.00. The average Bonchev–Trinajstić information content (AvgIpc) is 2.27. The van der Waals surface area contributed by atoms with Crippen LogP contribution in [0.15, 0.2) is 18.2 Å². The molecule has 0 aromatic heterocycles. The lowest BCUT2D eigenvalue weighted by Crippen LogP contribution is -2.35. The third-order valence-electron chi connectivity index (χ3n) is 2.95. The molecule has 0 bridgehead atoms. The number of hydrogen-bond acceptors (Lipinski definition) is 2. The maximum atomic E-state index is 11.8. The number of nitrogens with zero attached hydrogens (tertiary/aromatic N) is 1. The van der Waals surface area contributed by atoms with Crippen LogP contribution in [0.1, 0.15) is 37.8 Å². The van der Waals surface area contributed by atoms with Gasteiger partial charge in [-0.1, -0.05) is 26.0 Å². The smallest absolute Gasteiger partial charge is 0.255 e. The minimum absolute atomic E-state index is 0.283. The predicted molar refractivity (Wildman–Crippen MR) is 70.4 cm³/mol. The SMILES string of the molecule is Cc1ccc(C(C)C)cc1N(C)C(=O)C(C)O. The quantitative estimate of drug-likeness (QED) is 0.874. The van der Waals surface area contributed by atoms with Crippen molar-refractivity contribution >= 4 is 11.6 Å². The van der Waals surface area contributed by atoms with Gasteiger partial charge >= 0.3 is 0 Å². The van der Waals surface area contributed by atoms with Crippen LogP contribution >= 0.6 is 0 Å². The van der Waals surface area contributed by atoms with E-state index in [-0.39, 0.29) is 5.91 Å². The number of benzene rings is 1. The topological polar surface area (TPSA) is 40.5 Å². The number of hydrogen-bond donors (Lipinski definition) is 1. The molecule has 0 heterocycles. The summed E-state index contributed by atoms with van der Waals surface area (Å²) in [6.45, 7) is 7.68. The van der Waals surface area contributed by atoms with Gasteiger partial charge in [-0.25, -0.2) is 0 Å². The van der Waals surface area contributed by atoms with E-state index in [4.69, 9.17) is 0 Å². The van der Waals surface area contributed by atoms with Gasteiger partial charge in [0.05, 0.1) is 0 Å². The number of amides is 1. The molecule has 0 aliphatic rings. The van der Waals surface area contributed by atoms with Crippen molar-refractivity contribution in [3.05, 3.63) is 29.3 Å². The third kappa shape index (κ3) is 3.07. The second-order valence-corrected chi connectivity index (χ2v) is 4.77. The van der Waals surface area contributed by atoms with Crippen molar-refractivity contribution in [1.82, 2.24) is 0 Å². The number of carbonyl (C=O) groups excluding carboxylic acids is 1. The van der Waals surface area contributed by atoms with Crippen molar-refractivity contribution in [2.45, 2.75) is 39.7 Å². The Morgan fingerprint density at radius 2 is 1.88 bits per heavy atom. The molecule has 0 spiro atoms. The number of anilines is 1. The minimum atomic E-state index is -0.970. The van der Waals surface area contributed by atoms with Gasteiger partial charge in [0.15, 0.2) is 0 Å². The van der Waals surface area contributed by atoms with Crippen molar-refractivity contribution in [1.29, 1.82) is 0 Å². The Hall–Kier alpha value is -1.35. The average molecular weight is 235 g/mol. The molecule has 1 unspecified atom stereocenters. The normalized spacial score (nSPS) is 12.6. The fourth-order valence-corrected chi connectivity index (χ4v) is 1.75. The highest BCUT2D eigenvalue weighted by molar-refractivity contribution is 5.96. The zero-order chi connectivity index (χ0) is 13.2. The Balaban J connectivity index is 3.12. The molecule has 1 aromatic carbocycles. The first-order chi connectivity index (χ1) is 7.84. The van der Waals surface area contributed by atoms with E-state index in [9.17, 15) is 9.90 Å². The molecule has 3 nitrogen and oxygen atoms in total. The maximum absolute atomic E-state index is 11.8. The van der Waals surface area contributed by atoms with Crippen LogP contribution in [0.25, 0.3) is 0 Å². The first-order valence-electron chi connectivity index (χ1n) is 5.90. The van der Waals surface area contributed by atoms with E-state index in [0.717, 1.165) is 11.3 Å². The lowest BCUT2D eigenvalue weighted by molar-refractivity contribution is -0.125. The number of aliphatic hydroxyl groups is 1. The summed E-state index contributed by atoms with van der Waals surface area (Å²) in [7, 11) is 1.70. The molecule has 0 saturated heterocycles. The number of likely N-dealkylation sites (N-methyl/N-ethyl adjacent to an activating group) is 1. The number of rotatable bonds is 3. The van der Waals surface area contributed by atoms with Gasteiger partial charge in [-0.05, 0) is 37.0 Å². The molecule has 94 valence electrons. The van der Waals surface area contributed by atoms with Crippen LogP contribution in [0.5, 0.6) is 0 Å². The van der Waals surface area contributed by atoms with Crippen molar-refractivity contribution in [2.75, 3.05) is 11.9 Å². The molecule has 1 rings (SSSR count). The second kappa shape index (κ2) is 5.32. The van der Waals surface area contributed by atoms with Crippen LogP contribution in [0.4, 0.5) is 5.69 Å². The van der Waals surface area contributed by atoms with Crippen molar-refractivity contribution in [3.63, 3.8) is 0 Å². The van der Waals surface area contributed by atoms with E-state index >= 15 is 0 Å². The minimum Gasteiger partial charge on any atom is -0.384 e. The highest BCUT2D eigenvalue weighted by atomic mass is 16.3. The number of carbonyl (C=O) groups is 1. The summed E-state index contributed by atoms with van der Waals surface area (Å²) in [6, 6.07) is 6.10. The van der Waals surface area contributed by atoms with Crippen LogP contribution < -0.4 is 4.90 Å². The fourth-order valence-electron chi connectivity index (χ4n) is 1.75. The summed E-state index contributed by atoms with van der Waals surface area (Å²) in [5, 5.41) is 9.33. The molecule has 0 saturated carbocycles. The van der Waals surface area contributed by atoms with E-state index in [2.05, 4.69) is 19.9 Å². The molecule has 1 amide bonds.